The lowest BCUT2D eigenvalue weighted by molar-refractivity contribution is 0.174. The van der Waals surface area contributed by atoms with E-state index in [-0.39, 0.29) is 0 Å². The summed E-state index contributed by atoms with van der Waals surface area (Å²) in [6.07, 6.45) is 3.21. The molecule has 0 fully saturated rings. The largest absolute Gasteiger partial charge is 0.454 e. The van der Waals surface area contributed by atoms with E-state index in [0.717, 1.165) is 17.1 Å². The zero-order valence-corrected chi connectivity index (χ0v) is 8.46. The molecule has 0 aliphatic carbocycles. The molecular formula is C10H10N4O2. The maximum atomic E-state index is 5.29. The summed E-state index contributed by atoms with van der Waals surface area (Å²) in [5, 5.41) is 7.40. The molecule has 3 rings (SSSR count). The second kappa shape index (κ2) is 3.73. The smallest absolute Gasteiger partial charge is 0.231 e. The van der Waals surface area contributed by atoms with E-state index in [1.54, 1.807) is 17.3 Å². The van der Waals surface area contributed by atoms with Gasteiger partial charge in [0.15, 0.2) is 11.5 Å². The zero-order valence-electron chi connectivity index (χ0n) is 8.46. The lowest BCUT2D eigenvalue weighted by atomic mass is 10.2. The molecule has 0 atom stereocenters. The van der Waals surface area contributed by atoms with Crippen molar-refractivity contribution in [2.45, 2.75) is 6.54 Å². The lowest BCUT2D eigenvalue weighted by Crippen LogP contribution is -2.11. The van der Waals surface area contributed by atoms with E-state index in [0.29, 0.717) is 13.3 Å². The number of benzene rings is 1. The molecule has 82 valence electrons. The predicted octanol–water partition coefficient (Wildman–Crippen LogP) is 0.750. The molecule has 1 N–H and O–H groups in total. The van der Waals surface area contributed by atoms with Gasteiger partial charge in [-0.25, -0.2) is 4.68 Å². The van der Waals surface area contributed by atoms with Crippen LogP contribution in [0.25, 0.3) is 0 Å². The predicted molar refractivity (Wildman–Crippen MR) is 55.7 cm³/mol. The highest BCUT2D eigenvalue weighted by molar-refractivity contribution is 5.44. The van der Waals surface area contributed by atoms with Crippen LogP contribution in [-0.4, -0.2) is 21.7 Å². The van der Waals surface area contributed by atoms with Gasteiger partial charge in [-0.1, -0.05) is 6.07 Å². The first-order valence-electron chi connectivity index (χ1n) is 4.89. The molecule has 2 aromatic rings. The van der Waals surface area contributed by atoms with Crippen molar-refractivity contribution in [2.75, 3.05) is 12.2 Å². The Morgan fingerprint density at radius 2 is 2.00 bits per heavy atom. The van der Waals surface area contributed by atoms with E-state index in [4.69, 9.17) is 9.47 Å². The molecule has 2 heterocycles. The molecule has 6 nitrogen and oxygen atoms in total. The number of nitrogens with one attached hydrogen (secondary N) is 1. The molecule has 1 aliphatic heterocycles. The van der Waals surface area contributed by atoms with Gasteiger partial charge >= 0.3 is 0 Å². The maximum Gasteiger partial charge on any atom is 0.231 e. The van der Waals surface area contributed by atoms with Crippen molar-refractivity contribution in [3.8, 4) is 11.5 Å². The Labute approximate surface area is 91.8 Å². The third-order valence-corrected chi connectivity index (χ3v) is 2.32. The van der Waals surface area contributed by atoms with Crippen LogP contribution in [0.15, 0.2) is 30.9 Å². The molecular weight excluding hydrogens is 208 g/mol. The van der Waals surface area contributed by atoms with E-state index in [1.807, 2.05) is 18.2 Å². The fourth-order valence-corrected chi connectivity index (χ4v) is 1.52. The second-order valence-corrected chi connectivity index (χ2v) is 3.39. The van der Waals surface area contributed by atoms with Gasteiger partial charge in [0, 0.05) is 0 Å². The van der Waals surface area contributed by atoms with Gasteiger partial charge in [-0.2, -0.15) is 0 Å². The zero-order chi connectivity index (χ0) is 10.8. The van der Waals surface area contributed by atoms with Gasteiger partial charge < -0.3 is 14.9 Å². The van der Waals surface area contributed by atoms with Crippen LogP contribution >= 0.6 is 0 Å². The average Bonchev–Trinajstić information content (AvgIpc) is 2.97. The minimum absolute atomic E-state index is 0.303. The molecule has 0 bridgehead atoms. The van der Waals surface area contributed by atoms with E-state index in [1.165, 1.54) is 0 Å². The molecule has 0 amide bonds. The lowest BCUT2D eigenvalue weighted by Gasteiger charge is -2.06. The van der Waals surface area contributed by atoms with Crippen molar-refractivity contribution in [1.29, 1.82) is 0 Å². The summed E-state index contributed by atoms with van der Waals surface area (Å²) in [7, 11) is 0. The Hall–Kier alpha value is -2.24. The third kappa shape index (κ3) is 1.65. The van der Waals surface area contributed by atoms with Gasteiger partial charge in [-0.3, -0.25) is 0 Å². The van der Waals surface area contributed by atoms with Crippen LogP contribution in [-0.2, 0) is 6.54 Å². The van der Waals surface area contributed by atoms with Crippen molar-refractivity contribution < 1.29 is 9.47 Å². The van der Waals surface area contributed by atoms with Crippen molar-refractivity contribution in [3.05, 3.63) is 36.4 Å². The van der Waals surface area contributed by atoms with Crippen LogP contribution in [0.3, 0.4) is 0 Å². The van der Waals surface area contributed by atoms with Crippen molar-refractivity contribution in [1.82, 2.24) is 14.9 Å². The van der Waals surface area contributed by atoms with E-state index in [2.05, 4.69) is 15.6 Å². The maximum absolute atomic E-state index is 5.29. The van der Waals surface area contributed by atoms with Gasteiger partial charge in [0.25, 0.3) is 0 Å². The van der Waals surface area contributed by atoms with Crippen molar-refractivity contribution in [3.63, 3.8) is 0 Å². The van der Waals surface area contributed by atoms with Gasteiger partial charge in [0.2, 0.25) is 6.79 Å². The minimum Gasteiger partial charge on any atom is -0.454 e. The average molecular weight is 218 g/mol. The SMILES string of the molecule is c1cc2c(cc1CNn1cnnc1)OCO2. The Balaban J connectivity index is 1.71. The van der Waals surface area contributed by atoms with Crippen LogP contribution in [0.2, 0.25) is 0 Å². The first-order chi connectivity index (χ1) is 7.92. The quantitative estimate of drug-likeness (QED) is 0.823. The van der Waals surface area contributed by atoms with E-state index in [9.17, 15) is 0 Å². The van der Waals surface area contributed by atoms with Crippen LogP contribution in [0.4, 0.5) is 0 Å². The summed E-state index contributed by atoms with van der Waals surface area (Å²) in [4.78, 5) is 0. The van der Waals surface area contributed by atoms with E-state index >= 15 is 0 Å². The highest BCUT2D eigenvalue weighted by Gasteiger charge is 2.12. The first kappa shape index (κ1) is 9.02. The summed E-state index contributed by atoms with van der Waals surface area (Å²) >= 11 is 0. The molecule has 0 unspecified atom stereocenters. The molecule has 1 aromatic carbocycles. The fraction of sp³-hybridized carbons (Fsp3) is 0.200. The molecule has 0 spiro atoms. The highest BCUT2D eigenvalue weighted by atomic mass is 16.7. The Morgan fingerprint density at radius 3 is 2.88 bits per heavy atom. The van der Waals surface area contributed by atoms with Crippen molar-refractivity contribution >= 4 is 0 Å². The molecule has 16 heavy (non-hydrogen) atoms. The number of nitrogens with zero attached hydrogens (tertiary/aromatic N) is 3. The summed E-state index contributed by atoms with van der Waals surface area (Å²) in [5.41, 5.74) is 4.24. The minimum atomic E-state index is 0.303. The standard InChI is InChI=1S/C10H10N4O2/c1-2-9-10(16-7-15-9)3-8(1)4-13-14-5-11-12-6-14/h1-3,5-6,13H,4,7H2. The summed E-state index contributed by atoms with van der Waals surface area (Å²) in [5.74, 6) is 1.59. The number of rotatable bonds is 3. The summed E-state index contributed by atoms with van der Waals surface area (Å²) < 4.78 is 12.2. The second-order valence-electron chi connectivity index (χ2n) is 3.39. The van der Waals surface area contributed by atoms with Crippen LogP contribution in [0, 0.1) is 0 Å². The number of aromatic nitrogens is 3. The normalized spacial score (nSPS) is 12.8. The highest BCUT2D eigenvalue weighted by Crippen LogP contribution is 2.32. The molecule has 0 saturated carbocycles. The van der Waals surface area contributed by atoms with Crippen LogP contribution in [0.1, 0.15) is 5.56 Å². The molecule has 6 heteroatoms. The van der Waals surface area contributed by atoms with Gasteiger partial charge in [0.1, 0.15) is 12.7 Å². The summed E-state index contributed by atoms with van der Waals surface area (Å²) in [6.45, 7) is 0.979. The molecule has 1 aliphatic rings. The van der Waals surface area contributed by atoms with E-state index < -0.39 is 0 Å². The molecule has 1 aromatic heterocycles. The Bertz CT molecular complexity index is 484. The number of hydrogen-bond donors (Lipinski definition) is 1. The molecule has 0 radical (unpaired) electrons. The van der Waals surface area contributed by atoms with Gasteiger partial charge in [-0.15, -0.1) is 10.2 Å². The van der Waals surface area contributed by atoms with Crippen LogP contribution < -0.4 is 14.9 Å². The van der Waals surface area contributed by atoms with Gasteiger partial charge in [-0.05, 0) is 17.7 Å². The van der Waals surface area contributed by atoms with Crippen molar-refractivity contribution in [2.24, 2.45) is 0 Å². The Kier molecular flexibility index (Phi) is 2.10. The molecule has 0 saturated heterocycles. The van der Waals surface area contributed by atoms with Crippen LogP contribution in [0.5, 0.6) is 11.5 Å². The third-order valence-electron chi connectivity index (χ3n) is 2.32. The topological polar surface area (TPSA) is 61.2 Å². The van der Waals surface area contributed by atoms with Gasteiger partial charge in [0.05, 0.1) is 6.54 Å². The fourth-order valence-electron chi connectivity index (χ4n) is 1.52. The first-order valence-corrected chi connectivity index (χ1v) is 4.89. The Morgan fingerprint density at radius 1 is 1.19 bits per heavy atom. The monoisotopic (exact) mass is 218 g/mol. The summed E-state index contributed by atoms with van der Waals surface area (Å²) in [6, 6.07) is 5.86. The number of ether oxygens (including phenoxy) is 2. The number of fused-ring (bicyclic) bond motifs is 1. The number of hydrogen-bond acceptors (Lipinski definition) is 5.